The molecule has 0 bridgehead atoms. The molecule has 0 fully saturated rings. The van der Waals surface area contributed by atoms with Gasteiger partial charge in [-0.05, 0) is 74.0 Å². The van der Waals surface area contributed by atoms with E-state index in [9.17, 15) is 9.59 Å². The second-order valence-electron chi connectivity index (χ2n) is 8.83. The lowest BCUT2D eigenvalue weighted by molar-refractivity contribution is -0.115. The molecule has 1 atom stereocenters. The van der Waals surface area contributed by atoms with E-state index in [1.807, 2.05) is 105 Å². The van der Waals surface area contributed by atoms with Crippen LogP contribution >= 0.6 is 23.1 Å². The van der Waals surface area contributed by atoms with Gasteiger partial charge in [-0.1, -0.05) is 59.4 Å². The summed E-state index contributed by atoms with van der Waals surface area (Å²) in [5, 5.41) is 5.99. The minimum atomic E-state index is -0.495. The van der Waals surface area contributed by atoms with E-state index in [0.717, 1.165) is 32.0 Å². The Morgan fingerprint density at radius 2 is 1.72 bits per heavy atom. The molecule has 1 heterocycles. The average molecular weight is 554 g/mol. The summed E-state index contributed by atoms with van der Waals surface area (Å²) in [4.78, 5) is 31.6. The lowest BCUT2D eigenvalue weighted by Gasteiger charge is -2.16. The predicted molar refractivity (Wildman–Crippen MR) is 160 cm³/mol. The van der Waals surface area contributed by atoms with Crippen molar-refractivity contribution in [3.05, 3.63) is 114 Å². The van der Waals surface area contributed by atoms with E-state index < -0.39 is 5.25 Å². The van der Waals surface area contributed by atoms with Crippen molar-refractivity contribution < 1.29 is 14.3 Å². The Hall–Kier alpha value is -4.14. The van der Waals surface area contributed by atoms with Gasteiger partial charge in [0.05, 0.1) is 16.8 Å². The highest BCUT2D eigenvalue weighted by atomic mass is 32.2. The van der Waals surface area contributed by atoms with E-state index in [1.54, 1.807) is 6.07 Å². The van der Waals surface area contributed by atoms with Crippen LogP contribution in [-0.4, -0.2) is 23.4 Å². The van der Waals surface area contributed by atoms with Gasteiger partial charge < -0.3 is 15.4 Å². The van der Waals surface area contributed by atoms with Gasteiger partial charge >= 0.3 is 0 Å². The quantitative estimate of drug-likeness (QED) is 0.183. The van der Waals surface area contributed by atoms with Crippen molar-refractivity contribution in [1.29, 1.82) is 0 Å². The summed E-state index contributed by atoms with van der Waals surface area (Å²) >= 11 is 2.86. The van der Waals surface area contributed by atoms with Gasteiger partial charge in [-0.25, -0.2) is 4.98 Å². The highest BCUT2D eigenvalue weighted by Crippen LogP contribution is 2.38. The van der Waals surface area contributed by atoms with Crippen LogP contribution in [0.25, 0.3) is 10.2 Å². The van der Waals surface area contributed by atoms with Gasteiger partial charge in [-0.2, -0.15) is 0 Å². The second kappa shape index (κ2) is 12.1. The zero-order valence-electron chi connectivity index (χ0n) is 21.5. The molecule has 0 spiro atoms. The maximum absolute atomic E-state index is 13.5. The van der Waals surface area contributed by atoms with Crippen molar-refractivity contribution in [2.24, 2.45) is 0 Å². The molecule has 2 amide bonds. The highest BCUT2D eigenvalue weighted by molar-refractivity contribution is 8.00. The molecule has 5 aromatic rings. The molecule has 39 heavy (non-hydrogen) atoms. The summed E-state index contributed by atoms with van der Waals surface area (Å²) in [5.74, 6) is 0.458. The molecule has 1 aromatic heterocycles. The zero-order valence-corrected chi connectivity index (χ0v) is 23.1. The monoisotopic (exact) mass is 553 g/mol. The van der Waals surface area contributed by atoms with Crippen LogP contribution in [0.3, 0.4) is 0 Å². The van der Waals surface area contributed by atoms with E-state index in [2.05, 4.69) is 15.6 Å². The smallest absolute Gasteiger partial charge is 0.255 e. The first-order valence-electron chi connectivity index (χ1n) is 12.5. The van der Waals surface area contributed by atoms with Gasteiger partial charge in [-0.15, -0.1) is 11.8 Å². The number of fused-ring (bicyclic) bond motifs is 1. The number of amides is 2. The number of thioether (sulfide) groups is 1. The number of nitrogens with one attached hydrogen (secondary N) is 2. The molecule has 196 valence electrons. The van der Waals surface area contributed by atoms with Crippen LogP contribution in [0.15, 0.2) is 102 Å². The summed E-state index contributed by atoms with van der Waals surface area (Å²) in [6.45, 7) is 4.49. The van der Waals surface area contributed by atoms with Crippen molar-refractivity contribution in [2.75, 3.05) is 17.2 Å². The van der Waals surface area contributed by atoms with Crippen LogP contribution < -0.4 is 15.4 Å². The highest BCUT2D eigenvalue weighted by Gasteiger charge is 2.23. The van der Waals surface area contributed by atoms with Gasteiger partial charge in [0.15, 0.2) is 5.13 Å². The summed E-state index contributed by atoms with van der Waals surface area (Å²) in [7, 11) is 0. The van der Waals surface area contributed by atoms with Crippen LogP contribution in [0.2, 0.25) is 0 Å². The number of aromatic nitrogens is 1. The first-order valence-corrected chi connectivity index (χ1v) is 14.2. The lowest BCUT2D eigenvalue weighted by atomic mass is 10.1. The standard InChI is InChI=1S/C31H27N3O3S2/c1-3-37-24-14-17-26-27(19-24)39-31(33-26)34-30(36)28(21-9-5-4-6-10-21)38-25-15-12-23(13-16-25)32-29(35)22-11-7-8-20(2)18-22/h4-19,28H,3H2,1-2H3,(H,32,35)(H,33,34,36). The molecule has 8 heteroatoms. The molecule has 0 aliphatic rings. The summed E-state index contributed by atoms with van der Waals surface area (Å²) in [5.41, 5.74) is 4.02. The Balaban J connectivity index is 1.31. The van der Waals surface area contributed by atoms with Crippen molar-refractivity contribution in [1.82, 2.24) is 4.98 Å². The molecule has 6 nitrogen and oxygen atoms in total. The Labute approximate surface area is 235 Å². The SMILES string of the molecule is CCOc1ccc2nc(NC(=O)C(Sc3ccc(NC(=O)c4cccc(C)c4)cc3)c3ccccc3)sc2c1. The molecule has 0 saturated heterocycles. The van der Waals surface area contributed by atoms with Crippen LogP contribution in [0.1, 0.15) is 33.7 Å². The number of benzene rings is 4. The third kappa shape index (κ3) is 6.66. The number of hydrogen-bond acceptors (Lipinski definition) is 6. The summed E-state index contributed by atoms with van der Waals surface area (Å²) in [6, 6.07) is 30.4. The predicted octanol–water partition coefficient (Wildman–Crippen LogP) is 7.73. The van der Waals surface area contributed by atoms with Gasteiger partial charge in [0.2, 0.25) is 5.91 Å². The maximum Gasteiger partial charge on any atom is 0.255 e. The number of anilines is 2. The molecule has 0 saturated carbocycles. The molecule has 0 radical (unpaired) electrons. The van der Waals surface area contributed by atoms with Crippen molar-refractivity contribution in [3.63, 3.8) is 0 Å². The minimum Gasteiger partial charge on any atom is -0.494 e. The maximum atomic E-state index is 13.5. The van der Waals surface area contributed by atoms with E-state index >= 15 is 0 Å². The number of rotatable bonds is 9. The van der Waals surface area contributed by atoms with E-state index in [-0.39, 0.29) is 11.8 Å². The van der Waals surface area contributed by atoms with Crippen LogP contribution in [0.4, 0.5) is 10.8 Å². The zero-order chi connectivity index (χ0) is 27.2. The fourth-order valence-electron chi connectivity index (χ4n) is 4.03. The number of carbonyl (C=O) groups excluding carboxylic acids is 2. The number of aryl methyl sites for hydroxylation is 1. The van der Waals surface area contributed by atoms with E-state index in [0.29, 0.717) is 23.0 Å². The van der Waals surface area contributed by atoms with Gasteiger partial charge in [0.25, 0.3) is 5.91 Å². The normalized spacial score (nSPS) is 11.6. The summed E-state index contributed by atoms with van der Waals surface area (Å²) in [6.07, 6.45) is 0. The Morgan fingerprint density at radius 1 is 0.923 bits per heavy atom. The second-order valence-corrected chi connectivity index (χ2v) is 11.0. The molecule has 0 aliphatic carbocycles. The van der Waals surface area contributed by atoms with E-state index in [1.165, 1.54) is 23.1 Å². The molecular weight excluding hydrogens is 526 g/mol. The van der Waals surface area contributed by atoms with Crippen LogP contribution in [-0.2, 0) is 4.79 Å². The lowest BCUT2D eigenvalue weighted by Crippen LogP contribution is -2.18. The Morgan fingerprint density at radius 3 is 2.46 bits per heavy atom. The largest absolute Gasteiger partial charge is 0.494 e. The minimum absolute atomic E-state index is 0.160. The van der Waals surface area contributed by atoms with Gasteiger partial charge in [0.1, 0.15) is 11.0 Å². The first kappa shape index (κ1) is 26.5. The molecule has 0 aliphatic heterocycles. The van der Waals surface area contributed by atoms with Crippen molar-refractivity contribution in [2.45, 2.75) is 24.0 Å². The average Bonchev–Trinajstić information content (AvgIpc) is 3.34. The molecule has 4 aromatic carbocycles. The van der Waals surface area contributed by atoms with Crippen LogP contribution in [0.5, 0.6) is 5.75 Å². The van der Waals surface area contributed by atoms with E-state index in [4.69, 9.17) is 4.74 Å². The number of nitrogens with zero attached hydrogens (tertiary/aromatic N) is 1. The fraction of sp³-hybridized carbons (Fsp3) is 0.129. The Bertz CT molecular complexity index is 1600. The topological polar surface area (TPSA) is 80.3 Å². The third-order valence-electron chi connectivity index (χ3n) is 5.89. The number of ether oxygens (including phenoxy) is 1. The van der Waals surface area contributed by atoms with Gasteiger partial charge in [-0.3, -0.25) is 9.59 Å². The number of hydrogen-bond donors (Lipinski definition) is 2. The Kier molecular flexibility index (Phi) is 8.24. The first-order chi connectivity index (χ1) is 19.0. The molecule has 1 unspecified atom stereocenters. The van der Waals surface area contributed by atoms with Crippen molar-refractivity contribution in [3.8, 4) is 5.75 Å². The third-order valence-corrected chi connectivity index (χ3v) is 8.09. The molecular formula is C31H27N3O3S2. The number of carbonyl (C=O) groups is 2. The molecule has 2 N–H and O–H groups in total. The number of thiazole rings is 1. The molecule has 5 rings (SSSR count). The fourth-order valence-corrected chi connectivity index (χ4v) is 5.95. The van der Waals surface area contributed by atoms with Gasteiger partial charge in [0, 0.05) is 16.1 Å². The van der Waals surface area contributed by atoms with Crippen molar-refractivity contribution >= 4 is 55.9 Å². The summed E-state index contributed by atoms with van der Waals surface area (Å²) < 4.78 is 6.54. The van der Waals surface area contributed by atoms with Crippen LogP contribution in [0, 0.1) is 6.92 Å².